The van der Waals surface area contributed by atoms with Crippen molar-refractivity contribution in [2.24, 2.45) is 0 Å². The maximum Gasteiger partial charge on any atom is 0.319 e. The van der Waals surface area contributed by atoms with E-state index in [9.17, 15) is 4.79 Å². The summed E-state index contributed by atoms with van der Waals surface area (Å²) >= 11 is 0. The zero-order valence-electron chi connectivity index (χ0n) is 8.21. The molecule has 0 saturated carbocycles. The Kier molecular flexibility index (Phi) is 3.73. The molecule has 1 aromatic rings. The van der Waals surface area contributed by atoms with E-state index in [1.807, 2.05) is 31.2 Å². The van der Waals surface area contributed by atoms with Crippen molar-refractivity contribution in [1.29, 1.82) is 0 Å². The van der Waals surface area contributed by atoms with Gasteiger partial charge in [0, 0.05) is 6.54 Å². The molecule has 0 aliphatic heterocycles. The zero-order chi connectivity index (χ0) is 10.4. The van der Waals surface area contributed by atoms with Gasteiger partial charge in [-0.2, -0.15) is 0 Å². The number of benzene rings is 1. The van der Waals surface area contributed by atoms with E-state index in [-0.39, 0.29) is 6.03 Å². The van der Waals surface area contributed by atoms with Gasteiger partial charge in [-0.05, 0) is 18.7 Å². The smallest absolute Gasteiger partial charge is 0.319 e. The van der Waals surface area contributed by atoms with Crippen LogP contribution in [-0.2, 0) is 6.54 Å². The van der Waals surface area contributed by atoms with Crippen LogP contribution in [0.3, 0.4) is 0 Å². The highest BCUT2D eigenvalue weighted by Crippen LogP contribution is 2.02. The average Bonchev–Trinajstić information content (AvgIpc) is 2.15. The van der Waals surface area contributed by atoms with Crippen LogP contribution < -0.4 is 10.6 Å². The summed E-state index contributed by atoms with van der Waals surface area (Å²) in [4.78, 5) is 11.0. The summed E-state index contributed by atoms with van der Waals surface area (Å²) in [5.74, 6) is 0. The molecule has 0 atom stereocenters. The van der Waals surface area contributed by atoms with Crippen LogP contribution in [0.25, 0.3) is 0 Å². The second kappa shape index (κ2) is 5.07. The third-order valence-corrected chi connectivity index (χ3v) is 1.77. The highest BCUT2D eigenvalue weighted by Gasteiger charge is 1.97. The van der Waals surface area contributed by atoms with Crippen LogP contribution in [0.1, 0.15) is 11.1 Å². The topological polar surface area (TPSA) is 41.1 Å². The van der Waals surface area contributed by atoms with Crippen LogP contribution in [0.2, 0.25) is 0 Å². The highest BCUT2D eigenvalue weighted by molar-refractivity contribution is 5.74. The van der Waals surface area contributed by atoms with Crippen LogP contribution in [0.15, 0.2) is 37.0 Å². The van der Waals surface area contributed by atoms with E-state index < -0.39 is 0 Å². The van der Waals surface area contributed by atoms with Gasteiger partial charge >= 0.3 is 6.03 Å². The highest BCUT2D eigenvalue weighted by atomic mass is 16.2. The second-order valence-corrected chi connectivity index (χ2v) is 3.02. The predicted octanol–water partition coefficient (Wildman–Crippen LogP) is 1.94. The molecule has 0 heterocycles. The largest absolute Gasteiger partial charge is 0.334 e. The van der Waals surface area contributed by atoms with Gasteiger partial charge in [-0.15, -0.1) is 0 Å². The van der Waals surface area contributed by atoms with Crippen molar-refractivity contribution in [3.05, 3.63) is 48.2 Å². The zero-order valence-corrected chi connectivity index (χ0v) is 8.21. The summed E-state index contributed by atoms with van der Waals surface area (Å²) in [6.07, 6.45) is 1.35. The Morgan fingerprint density at radius 1 is 1.57 bits per heavy atom. The Bertz CT molecular complexity index is 334. The summed E-state index contributed by atoms with van der Waals surface area (Å²) in [7, 11) is 0. The van der Waals surface area contributed by atoms with Crippen molar-refractivity contribution >= 4 is 6.03 Å². The first kappa shape index (κ1) is 10.3. The number of carbonyl (C=O) groups excluding carboxylic acids is 1. The molecule has 3 heteroatoms. The van der Waals surface area contributed by atoms with E-state index in [0.29, 0.717) is 6.54 Å². The molecule has 0 aliphatic rings. The van der Waals surface area contributed by atoms with Crippen LogP contribution in [0, 0.1) is 6.92 Å². The minimum absolute atomic E-state index is 0.235. The van der Waals surface area contributed by atoms with Crippen molar-refractivity contribution in [2.45, 2.75) is 13.5 Å². The van der Waals surface area contributed by atoms with Gasteiger partial charge in [0.25, 0.3) is 0 Å². The number of nitrogens with one attached hydrogen (secondary N) is 2. The number of urea groups is 1. The summed E-state index contributed by atoms with van der Waals surface area (Å²) in [5.41, 5.74) is 2.28. The predicted molar refractivity (Wildman–Crippen MR) is 56.7 cm³/mol. The number of amides is 2. The van der Waals surface area contributed by atoms with Gasteiger partial charge in [0.1, 0.15) is 0 Å². The maximum atomic E-state index is 11.0. The molecule has 0 fully saturated rings. The molecule has 0 radical (unpaired) electrons. The van der Waals surface area contributed by atoms with Crippen molar-refractivity contribution < 1.29 is 4.79 Å². The SMILES string of the molecule is C=CNC(=O)NCc1cccc(C)c1. The second-order valence-electron chi connectivity index (χ2n) is 3.02. The molecule has 0 bridgehead atoms. The standard InChI is InChI=1S/C11H14N2O/c1-3-12-11(14)13-8-10-6-4-5-9(2)7-10/h3-7H,1,8H2,2H3,(H2,12,13,14). The molecule has 0 saturated heterocycles. The van der Waals surface area contributed by atoms with E-state index in [4.69, 9.17) is 0 Å². The Morgan fingerprint density at radius 2 is 2.36 bits per heavy atom. The van der Waals surface area contributed by atoms with Crippen molar-refractivity contribution in [3.8, 4) is 0 Å². The number of carbonyl (C=O) groups is 1. The Labute approximate surface area is 83.8 Å². The van der Waals surface area contributed by atoms with Crippen LogP contribution >= 0.6 is 0 Å². The minimum atomic E-state index is -0.235. The number of aryl methyl sites for hydroxylation is 1. The molecular formula is C11H14N2O. The van der Waals surface area contributed by atoms with E-state index in [2.05, 4.69) is 17.2 Å². The van der Waals surface area contributed by atoms with E-state index in [1.54, 1.807) is 0 Å². The fourth-order valence-corrected chi connectivity index (χ4v) is 1.15. The molecule has 0 aromatic heterocycles. The molecular weight excluding hydrogens is 176 g/mol. The first-order chi connectivity index (χ1) is 6.72. The van der Waals surface area contributed by atoms with Gasteiger partial charge in [-0.1, -0.05) is 36.4 Å². The molecule has 2 N–H and O–H groups in total. The molecule has 74 valence electrons. The third kappa shape index (κ3) is 3.31. The Hall–Kier alpha value is -1.77. The van der Waals surface area contributed by atoms with Crippen LogP contribution in [0.4, 0.5) is 4.79 Å². The summed E-state index contributed by atoms with van der Waals surface area (Å²) in [5, 5.41) is 5.15. The fraction of sp³-hybridized carbons (Fsp3) is 0.182. The van der Waals surface area contributed by atoms with Gasteiger partial charge < -0.3 is 10.6 Å². The first-order valence-corrected chi connectivity index (χ1v) is 4.43. The van der Waals surface area contributed by atoms with E-state index >= 15 is 0 Å². The maximum absolute atomic E-state index is 11.0. The Balaban J connectivity index is 2.45. The third-order valence-electron chi connectivity index (χ3n) is 1.77. The van der Waals surface area contributed by atoms with Gasteiger partial charge in [-0.3, -0.25) is 0 Å². The molecule has 0 aliphatic carbocycles. The van der Waals surface area contributed by atoms with Crippen LogP contribution in [0.5, 0.6) is 0 Å². The molecule has 2 amide bonds. The molecule has 1 rings (SSSR count). The molecule has 0 spiro atoms. The Morgan fingerprint density at radius 3 is 3.00 bits per heavy atom. The monoisotopic (exact) mass is 190 g/mol. The lowest BCUT2D eigenvalue weighted by Crippen LogP contribution is -2.31. The lowest BCUT2D eigenvalue weighted by molar-refractivity contribution is 0.244. The minimum Gasteiger partial charge on any atom is -0.334 e. The summed E-state index contributed by atoms with van der Waals surface area (Å²) < 4.78 is 0. The summed E-state index contributed by atoms with van der Waals surface area (Å²) in [6, 6.07) is 7.77. The van der Waals surface area contributed by atoms with Gasteiger partial charge in [-0.25, -0.2) is 4.79 Å². The lowest BCUT2D eigenvalue weighted by Gasteiger charge is -2.04. The van der Waals surface area contributed by atoms with Crippen LogP contribution in [-0.4, -0.2) is 6.03 Å². The first-order valence-electron chi connectivity index (χ1n) is 4.43. The number of hydrogen-bond acceptors (Lipinski definition) is 1. The summed E-state index contributed by atoms with van der Waals surface area (Å²) in [6.45, 7) is 5.95. The van der Waals surface area contributed by atoms with E-state index in [0.717, 1.165) is 5.56 Å². The molecule has 3 nitrogen and oxygen atoms in total. The number of hydrogen-bond donors (Lipinski definition) is 2. The van der Waals surface area contributed by atoms with Crippen molar-refractivity contribution in [3.63, 3.8) is 0 Å². The lowest BCUT2D eigenvalue weighted by atomic mass is 10.1. The normalized spacial score (nSPS) is 9.21. The van der Waals surface area contributed by atoms with Crippen molar-refractivity contribution in [2.75, 3.05) is 0 Å². The average molecular weight is 190 g/mol. The molecule has 1 aromatic carbocycles. The molecule has 14 heavy (non-hydrogen) atoms. The fourth-order valence-electron chi connectivity index (χ4n) is 1.15. The van der Waals surface area contributed by atoms with Gasteiger partial charge in [0.15, 0.2) is 0 Å². The van der Waals surface area contributed by atoms with Gasteiger partial charge in [0.05, 0.1) is 0 Å². The quantitative estimate of drug-likeness (QED) is 0.751. The number of rotatable bonds is 3. The molecule has 0 unspecified atom stereocenters. The van der Waals surface area contributed by atoms with E-state index in [1.165, 1.54) is 11.8 Å². The van der Waals surface area contributed by atoms with Gasteiger partial charge in [0.2, 0.25) is 0 Å². The van der Waals surface area contributed by atoms with Crippen molar-refractivity contribution in [1.82, 2.24) is 10.6 Å².